The highest BCUT2D eigenvalue weighted by atomic mass is 35.5. The summed E-state index contributed by atoms with van der Waals surface area (Å²) in [6, 6.07) is 15.0. The van der Waals surface area contributed by atoms with Gasteiger partial charge >= 0.3 is 5.97 Å². The number of aliphatic carboxylic acids is 1. The van der Waals surface area contributed by atoms with E-state index in [0.29, 0.717) is 5.02 Å². The van der Waals surface area contributed by atoms with Crippen LogP contribution in [0, 0.1) is 0 Å². The molecule has 0 spiro atoms. The van der Waals surface area contributed by atoms with E-state index in [2.05, 4.69) is 0 Å². The van der Waals surface area contributed by atoms with Crippen molar-refractivity contribution in [2.24, 2.45) is 0 Å². The molecule has 0 fully saturated rings. The molecular weight excluding hydrogens is 300 g/mol. The van der Waals surface area contributed by atoms with Crippen LogP contribution in [0.2, 0.25) is 5.02 Å². The predicted molar refractivity (Wildman–Crippen MR) is 87.7 cm³/mol. The fraction of sp³-hybridized carbons (Fsp3) is 0.167. The van der Waals surface area contributed by atoms with Crippen LogP contribution >= 0.6 is 11.6 Å². The Morgan fingerprint density at radius 2 is 1.82 bits per heavy atom. The van der Waals surface area contributed by atoms with E-state index in [1.807, 2.05) is 42.5 Å². The molecule has 4 heteroatoms. The first-order valence-electron chi connectivity index (χ1n) is 6.82. The monoisotopic (exact) mass is 316 g/mol. The maximum absolute atomic E-state index is 11.2. The molecule has 1 atom stereocenters. The first-order chi connectivity index (χ1) is 10.5. The van der Waals surface area contributed by atoms with Crippen LogP contribution in [0.15, 0.2) is 60.2 Å². The number of allylic oxidation sites excluding steroid dienone is 1. The Balaban J connectivity index is 2.54. The summed E-state index contributed by atoms with van der Waals surface area (Å²) in [5, 5.41) is 9.78. The van der Waals surface area contributed by atoms with E-state index in [-0.39, 0.29) is 11.5 Å². The number of hydrogen-bond donors (Lipinski definition) is 1. The zero-order chi connectivity index (χ0) is 16.1. The summed E-state index contributed by atoms with van der Waals surface area (Å²) in [5.41, 5.74) is 2.16. The number of ether oxygens (including phenoxy) is 1. The van der Waals surface area contributed by atoms with Crippen LogP contribution in [0.3, 0.4) is 0 Å². The van der Waals surface area contributed by atoms with Gasteiger partial charge in [0.25, 0.3) is 0 Å². The minimum absolute atomic E-state index is 0.204. The van der Waals surface area contributed by atoms with Crippen molar-refractivity contribution in [3.05, 3.63) is 76.3 Å². The number of methoxy groups -OCH3 is 1. The maximum atomic E-state index is 11.2. The van der Waals surface area contributed by atoms with Gasteiger partial charge in [-0.3, -0.25) is 0 Å². The van der Waals surface area contributed by atoms with Gasteiger partial charge in [0.1, 0.15) is 5.75 Å². The summed E-state index contributed by atoms with van der Waals surface area (Å²) in [6.45, 7) is 1.58. The summed E-state index contributed by atoms with van der Waals surface area (Å²) in [6.07, 6.45) is 1.72. The van der Waals surface area contributed by atoms with Gasteiger partial charge < -0.3 is 9.84 Å². The van der Waals surface area contributed by atoms with Gasteiger partial charge in [0, 0.05) is 16.5 Å². The summed E-state index contributed by atoms with van der Waals surface area (Å²) in [7, 11) is 1.60. The van der Waals surface area contributed by atoms with E-state index in [4.69, 9.17) is 21.4 Å². The summed E-state index contributed by atoms with van der Waals surface area (Å²) >= 11 is 6.07. The van der Waals surface area contributed by atoms with Gasteiger partial charge in [0.15, 0.2) is 0 Å². The minimum Gasteiger partial charge on any atom is -0.497 e. The van der Waals surface area contributed by atoms with Gasteiger partial charge in [-0.25, -0.2) is 4.79 Å². The van der Waals surface area contributed by atoms with Crippen molar-refractivity contribution in [3.63, 3.8) is 0 Å². The number of carbonyl (C=O) groups is 1. The molecule has 0 aliphatic carbocycles. The minimum atomic E-state index is -0.935. The van der Waals surface area contributed by atoms with Crippen LogP contribution in [0.5, 0.6) is 5.75 Å². The average molecular weight is 317 g/mol. The van der Waals surface area contributed by atoms with Crippen molar-refractivity contribution in [3.8, 4) is 5.75 Å². The third-order valence-electron chi connectivity index (χ3n) is 3.41. The number of benzene rings is 2. The number of carboxylic acid groups (broad SMARTS) is 1. The lowest BCUT2D eigenvalue weighted by Crippen LogP contribution is -2.03. The number of carboxylic acids is 1. The lowest BCUT2D eigenvalue weighted by molar-refractivity contribution is -0.132. The first kappa shape index (κ1) is 16.1. The fourth-order valence-corrected chi connectivity index (χ4v) is 2.44. The van der Waals surface area contributed by atoms with Gasteiger partial charge in [0.2, 0.25) is 0 Å². The highest BCUT2D eigenvalue weighted by Crippen LogP contribution is 2.31. The molecule has 0 aliphatic heterocycles. The largest absolute Gasteiger partial charge is 0.497 e. The van der Waals surface area contributed by atoms with E-state index >= 15 is 0 Å². The van der Waals surface area contributed by atoms with Crippen LogP contribution in [-0.2, 0) is 4.79 Å². The second-order valence-electron chi connectivity index (χ2n) is 4.96. The Labute approximate surface area is 134 Å². The smallest absolute Gasteiger partial charge is 0.330 e. The zero-order valence-corrected chi connectivity index (χ0v) is 13.2. The molecule has 3 nitrogen and oxygen atoms in total. The van der Waals surface area contributed by atoms with Crippen molar-refractivity contribution < 1.29 is 14.6 Å². The van der Waals surface area contributed by atoms with Crippen molar-refractivity contribution in [2.75, 3.05) is 7.11 Å². The molecular formula is C18H17ClO3. The Bertz CT molecular complexity index is 707. The van der Waals surface area contributed by atoms with Crippen LogP contribution in [0.1, 0.15) is 24.0 Å². The van der Waals surface area contributed by atoms with Crippen LogP contribution < -0.4 is 4.74 Å². The molecule has 2 aromatic rings. The second kappa shape index (κ2) is 7.14. The van der Waals surface area contributed by atoms with Crippen LogP contribution in [-0.4, -0.2) is 18.2 Å². The quantitative estimate of drug-likeness (QED) is 0.825. The van der Waals surface area contributed by atoms with E-state index < -0.39 is 5.97 Å². The average Bonchev–Trinajstić information content (AvgIpc) is 2.52. The second-order valence-corrected chi connectivity index (χ2v) is 5.40. The van der Waals surface area contributed by atoms with Gasteiger partial charge in [0.05, 0.1) is 7.11 Å². The molecule has 0 heterocycles. The highest BCUT2D eigenvalue weighted by Gasteiger charge is 2.15. The Kier molecular flexibility index (Phi) is 5.23. The SMILES string of the molecule is COc1cccc(C(C=C(C)C(=O)O)c2cccc(Cl)c2)c1. The highest BCUT2D eigenvalue weighted by molar-refractivity contribution is 6.30. The Hall–Kier alpha value is -2.26. The van der Waals surface area contributed by atoms with Gasteiger partial charge in [-0.15, -0.1) is 0 Å². The van der Waals surface area contributed by atoms with Crippen molar-refractivity contribution >= 4 is 17.6 Å². The number of rotatable bonds is 5. The molecule has 1 N–H and O–H groups in total. The normalized spacial score (nSPS) is 12.8. The lowest BCUT2D eigenvalue weighted by atomic mass is 9.89. The Morgan fingerprint density at radius 3 is 2.41 bits per heavy atom. The Morgan fingerprint density at radius 1 is 1.18 bits per heavy atom. The molecule has 0 saturated heterocycles. The summed E-state index contributed by atoms with van der Waals surface area (Å²) in [5.74, 6) is -0.411. The first-order valence-corrected chi connectivity index (χ1v) is 7.20. The molecule has 0 amide bonds. The predicted octanol–water partition coefficient (Wildman–Crippen LogP) is 4.51. The molecule has 0 bridgehead atoms. The standard InChI is InChI=1S/C18H17ClO3/c1-12(18(20)21)9-17(13-5-3-7-15(19)10-13)14-6-4-8-16(11-14)22-2/h3-11,17H,1-2H3,(H,20,21). The van der Waals surface area contributed by atoms with E-state index in [9.17, 15) is 4.79 Å². The molecule has 2 aromatic carbocycles. The lowest BCUT2D eigenvalue weighted by Gasteiger charge is -2.16. The zero-order valence-electron chi connectivity index (χ0n) is 12.4. The topological polar surface area (TPSA) is 46.5 Å². The van der Waals surface area contributed by atoms with E-state index in [1.54, 1.807) is 26.2 Å². The van der Waals surface area contributed by atoms with Crippen LogP contribution in [0.4, 0.5) is 0 Å². The fourth-order valence-electron chi connectivity index (χ4n) is 2.24. The van der Waals surface area contributed by atoms with Crippen molar-refractivity contribution in [1.82, 2.24) is 0 Å². The third-order valence-corrected chi connectivity index (χ3v) is 3.65. The molecule has 0 radical (unpaired) electrons. The van der Waals surface area contributed by atoms with Gasteiger partial charge in [-0.1, -0.05) is 41.9 Å². The number of halogens is 1. The third kappa shape index (κ3) is 3.89. The maximum Gasteiger partial charge on any atom is 0.330 e. The van der Waals surface area contributed by atoms with Gasteiger partial charge in [-0.2, -0.15) is 0 Å². The van der Waals surface area contributed by atoms with E-state index in [1.165, 1.54) is 0 Å². The van der Waals surface area contributed by atoms with Crippen molar-refractivity contribution in [2.45, 2.75) is 12.8 Å². The summed E-state index contributed by atoms with van der Waals surface area (Å²) in [4.78, 5) is 11.2. The van der Waals surface area contributed by atoms with Crippen molar-refractivity contribution in [1.29, 1.82) is 0 Å². The molecule has 114 valence electrons. The molecule has 0 saturated carbocycles. The van der Waals surface area contributed by atoms with Gasteiger partial charge in [-0.05, 0) is 42.3 Å². The van der Waals surface area contributed by atoms with E-state index in [0.717, 1.165) is 16.9 Å². The van der Waals surface area contributed by atoms with Crippen LogP contribution in [0.25, 0.3) is 0 Å². The summed E-state index contributed by atoms with van der Waals surface area (Å²) < 4.78 is 5.25. The molecule has 1 unspecified atom stereocenters. The number of hydrogen-bond acceptors (Lipinski definition) is 2. The molecule has 22 heavy (non-hydrogen) atoms. The molecule has 2 rings (SSSR count). The molecule has 0 aliphatic rings. The molecule has 0 aromatic heterocycles.